The van der Waals surface area contributed by atoms with E-state index in [1.807, 2.05) is 18.2 Å². The maximum atomic E-state index is 12.7. The molecule has 1 atom stereocenters. The zero-order valence-corrected chi connectivity index (χ0v) is 17.9. The first kappa shape index (κ1) is 19.6. The normalized spacial score (nSPS) is 16.9. The zero-order valence-electron chi connectivity index (χ0n) is 17.9. The Morgan fingerprint density at radius 3 is 2.65 bits per heavy atom. The van der Waals surface area contributed by atoms with E-state index in [-0.39, 0.29) is 11.6 Å². The number of methoxy groups -OCH3 is 2. The second-order valence-corrected chi connectivity index (χ2v) is 7.88. The van der Waals surface area contributed by atoms with Crippen molar-refractivity contribution >= 4 is 21.9 Å². The summed E-state index contributed by atoms with van der Waals surface area (Å²) in [6.45, 7) is 1.48. The number of imidazole rings is 1. The number of aryl methyl sites for hydroxylation is 1. The molecule has 0 aliphatic carbocycles. The Morgan fingerprint density at radius 1 is 1.10 bits per heavy atom. The van der Waals surface area contributed by atoms with Gasteiger partial charge in [0.1, 0.15) is 11.6 Å². The van der Waals surface area contributed by atoms with Gasteiger partial charge >= 0.3 is 0 Å². The summed E-state index contributed by atoms with van der Waals surface area (Å²) < 4.78 is 12.9. The van der Waals surface area contributed by atoms with Gasteiger partial charge < -0.3 is 19.0 Å². The molecule has 8 heteroatoms. The molecule has 0 radical (unpaired) electrons. The summed E-state index contributed by atoms with van der Waals surface area (Å²) in [7, 11) is 5.19. The average Bonchev–Trinajstić information content (AvgIpc) is 3.37. The molecule has 3 heterocycles. The van der Waals surface area contributed by atoms with E-state index in [1.54, 1.807) is 26.4 Å². The Hall–Kier alpha value is -3.39. The number of para-hydroxylation sites is 2. The van der Waals surface area contributed by atoms with Gasteiger partial charge in [-0.3, -0.25) is 9.69 Å². The maximum Gasteiger partial charge on any atom is 0.258 e. The monoisotopic (exact) mass is 419 g/mol. The van der Waals surface area contributed by atoms with Crippen LogP contribution in [0.1, 0.15) is 30.5 Å². The molecule has 0 spiro atoms. The van der Waals surface area contributed by atoms with E-state index >= 15 is 0 Å². The van der Waals surface area contributed by atoms with Crippen LogP contribution in [0.5, 0.6) is 11.5 Å². The maximum absolute atomic E-state index is 12.7. The number of fused-ring (bicyclic) bond motifs is 2. The molecule has 31 heavy (non-hydrogen) atoms. The highest BCUT2D eigenvalue weighted by atomic mass is 16.5. The van der Waals surface area contributed by atoms with Crippen LogP contribution in [0.3, 0.4) is 0 Å². The number of rotatable bonds is 5. The van der Waals surface area contributed by atoms with Crippen molar-refractivity contribution in [1.29, 1.82) is 0 Å². The van der Waals surface area contributed by atoms with E-state index in [9.17, 15) is 4.79 Å². The minimum absolute atomic E-state index is 0.181. The van der Waals surface area contributed by atoms with Crippen molar-refractivity contribution in [2.45, 2.75) is 25.4 Å². The van der Waals surface area contributed by atoms with Crippen LogP contribution in [0.15, 0.2) is 41.2 Å². The van der Waals surface area contributed by atoms with E-state index in [1.165, 1.54) is 0 Å². The summed E-state index contributed by atoms with van der Waals surface area (Å²) in [5.74, 6) is 2.75. The third-order valence-corrected chi connectivity index (χ3v) is 6.10. The molecule has 1 aliphatic rings. The highest BCUT2D eigenvalue weighted by Gasteiger charge is 2.30. The second kappa shape index (κ2) is 7.70. The van der Waals surface area contributed by atoms with Gasteiger partial charge in [0.15, 0.2) is 11.5 Å². The number of nitrogens with zero attached hydrogens (tertiary/aromatic N) is 4. The Morgan fingerprint density at radius 2 is 1.87 bits per heavy atom. The highest BCUT2D eigenvalue weighted by Crippen LogP contribution is 2.34. The topological polar surface area (TPSA) is 85.3 Å². The number of benzene rings is 2. The number of H-pyrrole nitrogens is 1. The SMILES string of the molecule is COc1cc2nc(CN3CCCC3c3nc4ccccc4n3C)[nH]c(=O)c2cc1OC. The van der Waals surface area contributed by atoms with E-state index in [4.69, 9.17) is 19.4 Å². The summed E-state index contributed by atoms with van der Waals surface area (Å²) in [6, 6.07) is 11.8. The van der Waals surface area contributed by atoms with E-state index in [0.29, 0.717) is 34.8 Å². The van der Waals surface area contributed by atoms with Crippen molar-refractivity contribution in [2.24, 2.45) is 7.05 Å². The fraction of sp³-hybridized carbons (Fsp3) is 0.348. The van der Waals surface area contributed by atoms with Crippen LogP contribution in [-0.4, -0.2) is 45.2 Å². The minimum atomic E-state index is -0.181. The van der Waals surface area contributed by atoms with Crippen LogP contribution in [0.25, 0.3) is 21.9 Å². The number of likely N-dealkylation sites (tertiary alicyclic amines) is 1. The van der Waals surface area contributed by atoms with Gasteiger partial charge in [-0.2, -0.15) is 0 Å². The predicted molar refractivity (Wildman–Crippen MR) is 119 cm³/mol. The second-order valence-electron chi connectivity index (χ2n) is 7.88. The number of aromatic nitrogens is 4. The van der Waals surface area contributed by atoms with Crippen molar-refractivity contribution in [2.75, 3.05) is 20.8 Å². The van der Waals surface area contributed by atoms with Gasteiger partial charge in [0.05, 0.1) is 48.7 Å². The molecule has 0 saturated carbocycles. The van der Waals surface area contributed by atoms with Crippen molar-refractivity contribution in [3.63, 3.8) is 0 Å². The Balaban J connectivity index is 1.49. The quantitative estimate of drug-likeness (QED) is 0.535. The van der Waals surface area contributed by atoms with Crippen LogP contribution in [0.4, 0.5) is 0 Å². The van der Waals surface area contributed by atoms with E-state index in [0.717, 1.165) is 36.2 Å². The summed E-state index contributed by atoms with van der Waals surface area (Å²) in [5.41, 5.74) is 2.54. The fourth-order valence-electron chi connectivity index (χ4n) is 4.55. The first-order valence-corrected chi connectivity index (χ1v) is 10.4. The molecule has 0 amide bonds. The van der Waals surface area contributed by atoms with Crippen molar-refractivity contribution < 1.29 is 9.47 Å². The summed E-state index contributed by atoms with van der Waals surface area (Å²) in [4.78, 5) is 27.6. The van der Waals surface area contributed by atoms with Crippen molar-refractivity contribution in [3.05, 3.63) is 58.4 Å². The Bertz CT molecular complexity index is 1330. The summed E-state index contributed by atoms with van der Waals surface area (Å²) in [5, 5.41) is 0.481. The molecule has 5 rings (SSSR count). The molecule has 1 unspecified atom stereocenters. The molecule has 0 bridgehead atoms. The first-order valence-electron chi connectivity index (χ1n) is 10.4. The number of hydrogen-bond donors (Lipinski definition) is 1. The molecule has 2 aromatic carbocycles. The molecule has 160 valence electrons. The lowest BCUT2D eigenvalue weighted by atomic mass is 10.2. The molecular formula is C23H25N5O3. The summed E-state index contributed by atoms with van der Waals surface area (Å²) >= 11 is 0. The Kier molecular flexibility index (Phi) is 4.86. The third kappa shape index (κ3) is 3.33. The third-order valence-electron chi connectivity index (χ3n) is 6.10. The molecule has 2 aromatic heterocycles. The van der Waals surface area contributed by atoms with Gasteiger partial charge in [-0.15, -0.1) is 0 Å². The van der Waals surface area contributed by atoms with Crippen LogP contribution in [0, 0.1) is 0 Å². The van der Waals surface area contributed by atoms with Gasteiger partial charge in [-0.25, -0.2) is 9.97 Å². The fourth-order valence-corrected chi connectivity index (χ4v) is 4.55. The summed E-state index contributed by atoms with van der Waals surface area (Å²) in [6.07, 6.45) is 2.11. The lowest BCUT2D eigenvalue weighted by Gasteiger charge is -2.23. The van der Waals surface area contributed by atoms with Crippen LogP contribution < -0.4 is 15.0 Å². The highest BCUT2D eigenvalue weighted by molar-refractivity contribution is 5.81. The average molecular weight is 419 g/mol. The van der Waals surface area contributed by atoms with Gasteiger partial charge in [0.2, 0.25) is 0 Å². The minimum Gasteiger partial charge on any atom is -0.493 e. The van der Waals surface area contributed by atoms with Crippen LogP contribution in [-0.2, 0) is 13.6 Å². The number of aromatic amines is 1. The molecule has 4 aromatic rings. The first-order chi connectivity index (χ1) is 15.1. The predicted octanol–water partition coefficient (Wildman–Crippen LogP) is 3.16. The number of hydrogen-bond acceptors (Lipinski definition) is 6. The number of ether oxygens (including phenoxy) is 2. The lowest BCUT2D eigenvalue weighted by Crippen LogP contribution is -2.27. The molecule has 1 aliphatic heterocycles. The van der Waals surface area contributed by atoms with Gasteiger partial charge in [-0.05, 0) is 37.6 Å². The lowest BCUT2D eigenvalue weighted by molar-refractivity contribution is 0.231. The molecule has 1 N–H and O–H groups in total. The van der Waals surface area contributed by atoms with Gasteiger partial charge in [0, 0.05) is 13.1 Å². The van der Waals surface area contributed by atoms with Crippen molar-refractivity contribution in [1.82, 2.24) is 24.4 Å². The zero-order chi connectivity index (χ0) is 21.5. The standard InChI is InChI=1S/C23H25N5O3/c1-27-17-8-5-4-7-15(17)25-22(27)18-9-6-10-28(18)13-21-24-16-12-20(31-3)19(30-2)11-14(16)23(29)26-21/h4-5,7-8,11-12,18H,6,9-10,13H2,1-3H3,(H,24,26,29). The molecule has 1 fully saturated rings. The van der Waals surface area contributed by atoms with Gasteiger partial charge in [0.25, 0.3) is 5.56 Å². The largest absolute Gasteiger partial charge is 0.493 e. The molecule has 1 saturated heterocycles. The Labute approximate surface area is 179 Å². The molecular weight excluding hydrogens is 394 g/mol. The van der Waals surface area contributed by atoms with E-state index < -0.39 is 0 Å². The molecule has 8 nitrogen and oxygen atoms in total. The van der Waals surface area contributed by atoms with Crippen LogP contribution in [0.2, 0.25) is 0 Å². The van der Waals surface area contributed by atoms with Crippen LogP contribution >= 0.6 is 0 Å². The van der Waals surface area contributed by atoms with E-state index in [2.05, 4.69) is 27.6 Å². The smallest absolute Gasteiger partial charge is 0.258 e. The van der Waals surface area contributed by atoms with Gasteiger partial charge in [-0.1, -0.05) is 12.1 Å². The number of nitrogens with one attached hydrogen (secondary N) is 1. The van der Waals surface area contributed by atoms with Crippen molar-refractivity contribution in [3.8, 4) is 11.5 Å².